The highest BCUT2D eigenvalue weighted by Gasteiger charge is 2.22. The molecule has 3 heterocycles. The maximum atomic E-state index is 12.7. The van der Waals surface area contributed by atoms with Gasteiger partial charge in [-0.2, -0.15) is 0 Å². The van der Waals surface area contributed by atoms with E-state index in [1.54, 1.807) is 11.8 Å². The SMILES string of the molecule is COc1nn(C)c2nc(C)c(CCC(=O)Nc3ccc(CCN4CCC(C(N)=O)CC4)cc3)c(C)c12. The van der Waals surface area contributed by atoms with Crippen molar-refractivity contribution >= 4 is 28.5 Å². The van der Waals surface area contributed by atoms with Crippen molar-refractivity contribution in [2.24, 2.45) is 18.7 Å². The van der Waals surface area contributed by atoms with Crippen molar-refractivity contribution < 1.29 is 14.3 Å². The van der Waals surface area contributed by atoms with Crippen molar-refractivity contribution in [2.75, 3.05) is 32.1 Å². The van der Waals surface area contributed by atoms with Crippen LogP contribution in [-0.2, 0) is 29.5 Å². The number of aromatic nitrogens is 3. The van der Waals surface area contributed by atoms with Crippen molar-refractivity contribution in [3.63, 3.8) is 0 Å². The van der Waals surface area contributed by atoms with Gasteiger partial charge in [0.25, 0.3) is 0 Å². The number of pyridine rings is 1. The molecule has 4 rings (SSSR count). The lowest BCUT2D eigenvalue weighted by molar-refractivity contribution is -0.123. The molecule has 3 N–H and O–H groups in total. The van der Waals surface area contributed by atoms with Gasteiger partial charge in [0.15, 0.2) is 5.65 Å². The number of rotatable bonds is 9. The Balaban J connectivity index is 1.29. The van der Waals surface area contributed by atoms with Crippen LogP contribution in [0.1, 0.15) is 41.6 Å². The number of primary amides is 1. The maximum Gasteiger partial charge on any atom is 0.242 e. The van der Waals surface area contributed by atoms with Crippen molar-refractivity contribution in [1.29, 1.82) is 0 Å². The summed E-state index contributed by atoms with van der Waals surface area (Å²) >= 11 is 0. The van der Waals surface area contributed by atoms with Crippen LogP contribution in [-0.4, -0.2) is 58.2 Å². The molecule has 1 aliphatic rings. The summed E-state index contributed by atoms with van der Waals surface area (Å²) < 4.78 is 7.15. The lowest BCUT2D eigenvalue weighted by Gasteiger charge is -2.30. The summed E-state index contributed by atoms with van der Waals surface area (Å²) in [6.45, 7) is 6.79. The number of piperidine rings is 1. The van der Waals surface area contributed by atoms with Gasteiger partial charge in [0.1, 0.15) is 0 Å². The number of aryl methyl sites for hydroxylation is 3. The topological polar surface area (TPSA) is 115 Å². The molecule has 0 aliphatic carbocycles. The summed E-state index contributed by atoms with van der Waals surface area (Å²) in [5.41, 5.74) is 11.2. The van der Waals surface area contributed by atoms with Crippen LogP contribution in [0.2, 0.25) is 0 Å². The number of benzene rings is 1. The molecule has 1 aromatic carbocycles. The zero-order chi connectivity index (χ0) is 25.8. The van der Waals surface area contributed by atoms with Gasteiger partial charge >= 0.3 is 0 Å². The third-order valence-corrected chi connectivity index (χ3v) is 7.26. The van der Waals surface area contributed by atoms with Crippen LogP contribution >= 0.6 is 0 Å². The number of anilines is 1. The highest BCUT2D eigenvalue weighted by molar-refractivity contribution is 5.91. The Morgan fingerprint density at radius 2 is 1.83 bits per heavy atom. The van der Waals surface area contributed by atoms with Gasteiger partial charge in [0.2, 0.25) is 17.7 Å². The molecule has 0 bridgehead atoms. The molecular formula is C27H36N6O3. The van der Waals surface area contributed by atoms with Gasteiger partial charge in [-0.1, -0.05) is 12.1 Å². The number of nitrogens with zero attached hydrogens (tertiary/aromatic N) is 4. The highest BCUT2D eigenvalue weighted by atomic mass is 16.5. The molecule has 192 valence electrons. The molecule has 2 amide bonds. The molecule has 3 aromatic rings. The number of nitrogens with two attached hydrogens (primary N) is 1. The Morgan fingerprint density at radius 1 is 1.14 bits per heavy atom. The number of amides is 2. The van der Waals surface area contributed by atoms with E-state index in [4.69, 9.17) is 15.5 Å². The fraction of sp³-hybridized carbons (Fsp3) is 0.481. The molecule has 0 spiro atoms. The van der Waals surface area contributed by atoms with E-state index in [1.807, 2.05) is 33.0 Å². The standard InChI is InChI=1S/C27H36N6O3/c1-17-22(18(2)29-26-24(17)27(36-4)31-32(26)3)9-10-23(34)30-21-7-5-19(6-8-21)11-14-33-15-12-20(13-16-33)25(28)35/h5-8,20H,9-16H2,1-4H3,(H2,28,35)(H,30,34). The minimum Gasteiger partial charge on any atom is -0.479 e. The van der Waals surface area contributed by atoms with Crippen molar-refractivity contribution in [1.82, 2.24) is 19.7 Å². The number of nitrogens with one attached hydrogen (secondary N) is 1. The molecule has 0 atom stereocenters. The molecule has 2 aromatic heterocycles. The smallest absolute Gasteiger partial charge is 0.242 e. The number of hydrogen-bond donors (Lipinski definition) is 2. The average molecular weight is 493 g/mol. The van der Waals surface area contributed by atoms with Gasteiger partial charge in [-0.25, -0.2) is 9.67 Å². The van der Waals surface area contributed by atoms with Gasteiger partial charge in [0, 0.05) is 37.3 Å². The fourth-order valence-corrected chi connectivity index (χ4v) is 5.05. The Kier molecular flexibility index (Phi) is 7.88. The first-order valence-electron chi connectivity index (χ1n) is 12.5. The second-order valence-electron chi connectivity index (χ2n) is 9.65. The summed E-state index contributed by atoms with van der Waals surface area (Å²) in [4.78, 5) is 31.1. The molecular weight excluding hydrogens is 456 g/mol. The van der Waals surface area contributed by atoms with E-state index in [0.29, 0.717) is 18.7 Å². The van der Waals surface area contributed by atoms with Gasteiger partial charge in [-0.05, 0) is 81.4 Å². The Hall–Kier alpha value is -3.46. The number of carbonyl (C=O) groups is 2. The van der Waals surface area contributed by atoms with Gasteiger partial charge in [-0.3, -0.25) is 9.59 Å². The number of fused-ring (bicyclic) bond motifs is 1. The number of methoxy groups -OCH3 is 1. The molecule has 0 saturated carbocycles. The van der Waals surface area contributed by atoms with Gasteiger partial charge < -0.3 is 20.7 Å². The van der Waals surface area contributed by atoms with Crippen molar-refractivity contribution in [2.45, 2.75) is 46.0 Å². The summed E-state index contributed by atoms with van der Waals surface area (Å²) in [6.07, 6.45) is 3.58. The van der Waals surface area contributed by atoms with E-state index in [0.717, 1.165) is 72.4 Å². The van der Waals surface area contributed by atoms with E-state index in [2.05, 4.69) is 27.4 Å². The third kappa shape index (κ3) is 5.67. The molecule has 1 aliphatic heterocycles. The minimum atomic E-state index is -0.177. The second kappa shape index (κ2) is 11.1. The summed E-state index contributed by atoms with van der Waals surface area (Å²) in [5.74, 6) is 0.369. The molecule has 9 nitrogen and oxygen atoms in total. The Labute approximate surface area is 212 Å². The molecule has 0 radical (unpaired) electrons. The molecule has 0 unspecified atom stereocenters. The second-order valence-corrected chi connectivity index (χ2v) is 9.65. The first kappa shape index (κ1) is 25.6. The molecule has 1 fully saturated rings. The molecule has 9 heteroatoms. The van der Waals surface area contributed by atoms with Crippen LogP contribution in [0.4, 0.5) is 5.69 Å². The van der Waals surface area contributed by atoms with Crippen LogP contribution in [0, 0.1) is 19.8 Å². The van der Waals surface area contributed by atoms with Crippen LogP contribution in [0.5, 0.6) is 5.88 Å². The predicted molar refractivity (Wildman–Crippen MR) is 140 cm³/mol. The summed E-state index contributed by atoms with van der Waals surface area (Å²) in [5, 5.41) is 8.30. The highest BCUT2D eigenvalue weighted by Crippen LogP contribution is 2.30. The van der Waals surface area contributed by atoms with Crippen LogP contribution in [0.15, 0.2) is 24.3 Å². The largest absolute Gasteiger partial charge is 0.479 e. The minimum absolute atomic E-state index is 0.0225. The number of carbonyl (C=O) groups excluding carboxylic acids is 2. The summed E-state index contributed by atoms with van der Waals surface area (Å²) in [7, 11) is 3.46. The number of ether oxygens (including phenoxy) is 1. The zero-order valence-corrected chi connectivity index (χ0v) is 21.6. The van der Waals surface area contributed by atoms with Crippen LogP contribution in [0.25, 0.3) is 11.0 Å². The quantitative estimate of drug-likeness (QED) is 0.475. The van der Waals surface area contributed by atoms with E-state index >= 15 is 0 Å². The van der Waals surface area contributed by atoms with Crippen LogP contribution < -0.4 is 15.8 Å². The Morgan fingerprint density at radius 3 is 2.47 bits per heavy atom. The average Bonchev–Trinajstić information content (AvgIpc) is 3.19. The first-order chi connectivity index (χ1) is 17.3. The lowest BCUT2D eigenvalue weighted by Crippen LogP contribution is -2.39. The van der Waals surface area contributed by atoms with E-state index < -0.39 is 0 Å². The Bertz CT molecular complexity index is 1240. The van der Waals surface area contributed by atoms with E-state index in [9.17, 15) is 9.59 Å². The van der Waals surface area contributed by atoms with E-state index in [-0.39, 0.29) is 17.7 Å². The van der Waals surface area contributed by atoms with E-state index in [1.165, 1.54) is 5.56 Å². The maximum absolute atomic E-state index is 12.7. The van der Waals surface area contributed by atoms with Crippen molar-refractivity contribution in [3.05, 3.63) is 46.6 Å². The number of hydrogen-bond acceptors (Lipinski definition) is 6. The normalized spacial score (nSPS) is 14.8. The monoisotopic (exact) mass is 492 g/mol. The molecule has 1 saturated heterocycles. The lowest BCUT2D eigenvalue weighted by atomic mass is 9.96. The summed E-state index contributed by atoms with van der Waals surface area (Å²) in [6, 6.07) is 8.04. The number of likely N-dealkylation sites (tertiary alicyclic amines) is 1. The van der Waals surface area contributed by atoms with Gasteiger partial charge in [-0.15, -0.1) is 5.10 Å². The van der Waals surface area contributed by atoms with Gasteiger partial charge in [0.05, 0.1) is 12.5 Å². The first-order valence-corrected chi connectivity index (χ1v) is 12.5. The van der Waals surface area contributed by atoms with Crippen LogP contribution in [0.3, 0.4) is 0 Å². The van der Waals surface area contributed by atoms with Crippen molar-refractivity contribution in [3.8, 4) is 5.88 Å². The zero-order valence-electron chi connectivity index (χ0n) is 21.6. The fourth-order valence-electron chi connectivity index (χ4n) is 5.05. The molecule has 36 heavy (non-hydrogen) atoms. The third-order valence-electron chi connectivity index (χ3n) is 7.26. The predicted octanol–water partition coefficient (Wildman–Crippen LogP) is 2.90.